The minimum atomic E-state index is 0. The number of anilines is 1. The van der Waals surface area contributed by atoms with E-state index in [1.54, 1.807) is 24.5 Å². The molecule has 6 heteroatoms. The van der Waals surface area contributed by atoms with Gasteiger partial charge in [0.05, 0.1) is 0 Å². The number of hydrogen-bond acceptors (Lipinski definition) is 4. The van der Waals surface area contributed by atoms with Crippen molar-refractivity contribution >= 4 is 18.2 Å². The Morgan fingerprint density at radius 2 is 1.92 bits per heavy atom. The smallest absolute Gasteiger partial charge is 0.177 e. The summed E-state index contributed by atoms with van der Waals surface area (Å²) in [5.41, 5.74) is 6.15. The van der Waals surface area contributed by atoms with Crippen LogP contribution in [0.1, 0.15) is 0 Å². The molecule has 0 aliphatic heterocycles. The summed E-state index contributed by atoms with van der Waals surface area (Å²) in [6.07, 6.45) is 3.33. The Labute approximate surface area is 80.8 Å². The molecule has 3 N–H and O–H groups in total. The molecule has 0 fully saturated rings. The third kappa shape index (κ3) is 1.94. The van der Waals surface area contributed by atoms with Crippen LogP contribution in [-0.2, 0) is 0 Å². The molecule has 0 saturated carbocycles. The van der Waals surface area contributed by atoms with Gasteiger partial charge in [-0.1, -0.05) is 0 Å². The summed E-state index contributed by atoms with van der Waals surface area (Å²) in [7, 11) is 0. The van der Waals surface area contributed by atoms with Gasteiger partial charge in [-0.05, 0) is 6.07 Å². The Morgan fingerprint density at radius 3 is 2.46 bits per heavy atom. The average molecular weight is 198 g/mol. The fourth-order valence-electron chi connectivity index (χ4n) is 0.890. The molecule has 13 heavy (non-hydrogen) atoms. The summed E-state index contributed by atoms with van der Waals surface area (Å²) in [4.78, 5) is 8.05. The van der Waals surface area contributed by atoms with Gasteiger partial charge in [0, 0.05) is 18.5 Å². The molecule has 0 aliphatic carbocycles. The van der Waals surface area contributed by atoms with Crippen molar-refractivity contribution in [2.45, 2.75) is 0 Å². The van der Waals surface area contributed by atoms with Crippen LogP contribution in [0.2, 0.25) is 0 Å². The number of aromatic nitrogens is 4. The quantitative estimate of drug-likeness (QED) is 0.711. The van der Waals surface area contributed by atoms with Gasteiger partial charge in [0.1, 0.15) is 11.5 Å². The Hall–Kier alpha value is -1.62. The lowest BCUT2D eigenvalue weighted by Gasteiger charge is -1.90. The topological polar surface area (TPSA) is 80.5 Å². The Bertz CT molecular complexity index is 371. The first-order chi connectivity index (χ1) is 5.86. The third-order valence-electron chi connectivity index (χ3n) is 1.40. The molecule has 0 aromatic carbocycles. The summed E-state index contributed by atoms with van der Waals surface area (Å²) < 4.78 is 0. The zero-order valence-corrected chi connectivity index (χ0v) is 7.45. The van der Waals surface area contributed by atoms with Crippen molar-refractivity contribution in [3.8, 4) is 11.5 Å². The Morgan fingerprint density at radius 1 is 1.23 bits per heavy atom. The normalized spacial score (nSPS) is 9.23. The monoisotopic (exact) mass is 197 g/mol. The zero-order chi connectivity index (χ0) is 8.39. The molecule has 0 saturated heterocycles. The van der Waals surface area contributed by atoms with Gasteiger partial charge in [0.15, 0.2) is 5.82 Å². The van der Waals surface area contributed by atoms with Crippen molar-refractivity contribution in [1.82, 2.24) is 20.2 Å². The molecule has 0 spiro atoms. The van der Waals surface area contributed by atoms with Crippen LogP contribution >= 0.6 is 12.4 Å². The number of nitrogens with zero attached hydrogens (tertiary/aromatic N) is 3. The number of H-pyrrole nitrogens is 1. The van der Waals surface area contributed by atoms with Crippen LogP contribution in [-0.4, -0.2) is 20.2 Å². The SMILES string of the molecule is Cl.Nc1cc(-c2ncccn2)[nH]n1. The van der Waals surface area contributed by atoms with E-state index < -0.39 is 0 Å². The van der Waals surface area contributed by atoms with Gasteiger partial charge in [-0.25, -0.2) is 9.97 Å². The number of nitrogens with two attached hydrogens (primary N) is 1. The maximum atomic E-state index is 5.42. The number of aromatic amines is 1. The highest BCUT2D eigenvalue weighted by molar-refractivity contribution is 5.85. The summed E-state index contributed by atoms with van der Waals surface area (Å²) in [5, 5.41) is 6.49. The second-order valence-corrected chi connectivity index (χ2v) is 2.28. The number of nitrogens with one attached hydrogen (secondary N) is 1. The predicted molar refractivity (Wildman–Crippen MR) is 51.3 cm³/mol. The molecule has 0 unspecified atom stereocenters. The van der Waals surface area contributed by atoms with E-state index in [4.69, 9.17) is 5.73 Å². The molecule has 0 radical (unpaired) electrons. The van der Waals surface area contributed by atoms with E-state index >= 15 is 0 Å². The van der Waals surface area contributed by atoms with Gasteiger partial charge < -0.3 is 5.73 Å². The van der Waals surface area contributed by atoms with E-state index in [-0.39, 0.29) is 12.4 Å². The predicted octanol–water partition coefficient (Wildman–Crippen LogP) is 0.871. The molecule has 0 bridgehead atoms. The highest BCUT2D eigenvalue weighted by atomic mass is 35.5. The van der Waals surface area contributed by atoms with Gasteiger partial charge >= 0.3 is 0 Å². The van der Waals surface area contributed by atoms with Gasteiger partial charge in [0.25, 0.3) is 0 Å². The van der Waals surface area contributed by atoms with Crippen LogP contribution in [0.4, 0.5) is 5.82 Å². The zero-order valence-electron chi connectivity index (χ0n) is 6.64. The second-order valence-electron chi connectivity index (χ2n) is 2.28. The second kappa shape index (κ2) is 3.86. The van der Waals surface area contributed by atoms with E-state index in [2.05, 4.69) is 20.2 Å². The largest absolute Gasteiger partial charge is 0.382 e. The van der Waals surface area contributed by atoms with E-state index in [0.29, 0.717) is 11.6 Å². The standard InChI is InChI=1S/C7H7N5.ClH/c8-6-4-5(11-12-6)7-9-2-1-3-10-7;/h1-4H,(H3,8,11,12);1H. The van der Waals surface area contributed by atoms with Crippen molar-refractivity contribution in [3.05, 3.63) is 24.5 Å². The van der Waals surface area contributed by atoms with Gasteiger partial charge in [0.2, 0.25) is 0 Å². The van der Waals surface area contributed by atoms with Crippen LogP contribution < -0.4 is 5.73 Å². The maximum Gasteiger partial charge on any atom is 0.177 e. The van der Waals surface area contributed by atoms with Crippen LogP contribution in [0.15, 0.2) is 24.5 Å². The molecule has 0 amide bonds. The lowest BCUT2D eigenvalue weighted by Crippen LogP contribution is -1.85. The van der Waals surface area contributed by atoms with Crippen molar-refractivity contribution in [2.24, 2.45) is 0 Å². The molecule has 0 aliphatic rings. The van der Waals surface area contributed by atoms with Crippen molar-refractivity contribution in [2.75, 3.05) is 5.73 Å². The summed E-state index contributed by atoms with van der Waals surface area (Å²) in [6.45, 7) is 0. The minimum absolute atomic E-state index is 0. The Kier molecular flexibility index (Phi) is 2.81. The van der Waals surface area contributed by atoms with E-state index in [9.17, 15) is 0 Å². The molecule has 2 aromatic rings. The molecule has 2 rings (SSSR count). The lowest BCUT2D eigenvalue weighted by atomic mass is 10.4. The van der Waals surface area contributed by atoms with Crippen LogP contribution in [0, 0.1) is 0 Å². The number of hydrogen-bond donors (Lipinski definition) is 2. The average Bonchev–Trinajstić information content (AvgIpc) is 2.54. The van der Waals surface area contributed by atoms with Crippen molar-refractivity contribution in [3.63, 3.8) is 0 Å². The molecular weight excluding hydrogens is 190 g/mol. The maximum absolute atomic E-state index is 5.42. The summed E-state index contributed by atoms with van der Waals surface area (Å²) in [5.74, 6) is 1.04. The van der Waals surface area contributed by atoms with Gasteiger partial charge in [-0.15, -0.1) is 12.4 Å². The fraction of sp³-hybridized carbons (Fsp3) is 0. The molecule has 5 nitrogen and oxygen atoms in total. The highest BCUT2D eigenvalue weighted by Gasteiger charge is 2.01. The van der Waals surface area contributed by atoms with Crippen molar-refractivity contribution in [1.29, 1.82) is 0 Å². The molecule has 68 valence electrons. The van der Waals surface area contributed by atoms with Crippen LogP contribution in [0.25, 0.3) is 11.5 Å². The van der Waals surface area contributed by atoms with E-state index in [1.807, 2.05) is 0 Å². The first kappa shape index (κ1) is 9.47. The number of rotatable bonds is 1. The molecule has 2 heterocycles. The summed E-state index contributed by atoms with van der Waals surface area (Å²) >= 11 is 0. The number of nitrogen functional groups attached to an aromatic ring is 1. The van der Waals surface area contributed by atoms with Gasteiger partial charge in [-0.3, -0.25) is 5.10 Å². The van der Waals surface area contributed by atoms with Gasteiger partial charge in [-0.2, -0.15) is 5.10 Å². The molecule has 0 atom stereocenters. The van der Waals surface area contributed by atoms with Crippen LogP contribution in [0.3, 0.4) is 0 Å². The Balaban J connectivity index is 0.000000845. The molecule has 2 aromatic heterocycles. The fourth-order valence-corrected chi connectivity index (χ4v) is 0.890. The van der Waals surface area contributed by atoms with Crippen LogP contribution in [0.5, 0.6) is 0 Å². The lowest BCUT2D eigenvalue weighted by molar-refractivity contribution is 1.07. The first-order valence-electron chi connectivity index (χ1n) is 3.44. The van der Waals surface area contributed by atoms with Crippen molar-refractivity contribution < 1.29 is 0 Å². The number of halogens is 1. The first-order valence-corrected chi connectivity index (χ1v) is 3.44. The highest BCUT2D eigenvalue weighted by Crippen LogP contribution is 2.11. The van der Waals surface area contributed by atoms with E-state index in [1.165, 1.54) is 0 Å². The summed E-state index contributed by atoms with van der Waals surface area (Å²) in [6, 6.07) is 3.44. The third-order valence-corrected chi connectivity index (χ3v) is 1.40. The minimum Gasteiger partial charge on any atom is -0.382 e. The van der Waals surface area contributed by atoms with E-state index in [0.717, 1.165) is 5.69 Å². The molecular formula is C7H8ClN5.